The van der Waals surface area contributed by atoms with Crippen molar-refractivity contribution in [2.24, 2.45) is 5.92 Å². The quantitative estimate of drug-likeness (QED) is 0.739. The van der Waals surface area contributed by atoms with Crippen LogP contribution in [0, 0.1) is 5.92 Å². The van der Waals surface area contributed by atoms with Crippen molar-refractivity contribution in [3.63, 3.8) is 0 Å². The van der Waals surface area contributed by atoms with E-state index in [0.717, 1.165) is 11.8 Å². The fourth-order valence-electron chi connectivity index (χ4n) is 3.27. The number of nitrogens with zero attached hydrogens (tertiary/aromatic N) is 1. The Morgan fingerprint density at radius 2 is 1.38 bits per heavy atom. The predicted molar refractivity (Wildman–Crippen MR) is 108 cm³/mol. The molecule has 2 fully saturated rings. The summed E-state index contributed by atoms with van der Waals surface area (Å²) in [6.07, 6.45) is 0. The molecule has 0 aromatic heterocycles. The van der Waals surface area contributed by atoms with E-state index in [1.165, 1.54) is 5.30 Å². The lowest BCUT2D eigenvalue weighted by molar-refractivity contribution is 0.0198. The molecule has 26 heavy (non-hydrogen) atoms. The zero-order valence-electron chi connectivity index (χ0n) is 15.2. The molecule has 0 saturated carbocycles. The minimum atomic E-state index is -0.992. The summed E-state index contributed by atoms with van der Waals surface area (Å²) >= 11 is 0. The maximum atomic E-state index is 6.32. The summed E-state index contributed by atoms with van der Waals surface area (Å²) in [7, 11) is -1.79. The van der Waals surface area contributed by atoms with Crippen LogP contribution >= 0.6 is 16.7 Å². The first-order chi connectivity index (χ1) is 12.7. The Hall–Kier alpha value is -0.860. The lowest BCUT2D eigenvalue weighted by Crippen LogP contribution is -2.54. The molecule has 1 spiro atoms. The summed E-state index contributed by atoms with van der Waals surface area (Å²) < 4.78 is 21.3. The van der Waals surface area contributed by atoms with Crippen LogP contribution in [0.1, 0.15) is 13.8 Å². The lowest BCUT2D eigenvalue weighted by atomic mass is 10.0. The smallest absolute Gasteiger partial charge is 0.205 e. The fraction of sp³-hybridized carbons (Fsp3) is 0.400. The molecule has 6 heteroatoms. The van der Waals surface area contributed by atoms with E-state index in [1.54, 1.807) is 0 Å². The number of benzene rings is 2. The number of hydrogen-bond acceptors (Lipinski definition) is 4. The van der Waals surface area contributed by atoms with Gasteiger partial charge in [-0.05, 0) is 18.1 Å². The van der Waals surface area contributed by atoms with E-state index >= 15 is 0 Å². The molecule has 0 aliphatic carbocycles. The van der Waals surface area contributed by atoms with Gasteiger partial charge in [-0.15, -0.1) is 0 Å². The largest absolute Gasteiger partial charge is 0.338 e. The maximum Gasteiger partial charge on any atom is 0.205 e. The highest BCUT2D eigenvalue weighted by Crippen LogP contribution is 2.56. The highest BCUT2D eigenvalue weighted by atomic mass is 31.2. The summed E-state index contributed by atoms with van der Waals surface area (Å²) in [5.74, 6) is 0.555. The van der Waals surface area contributed by atoms with Crippen molar-refractivity contribution < 1.29 is 13.6 Å². The molecule has 0 N–H and O–H groups in total. The molecule has 0 radical (unpaired) electrons. The Kier molecular flexibility index (Phi) is 5.71. The molecule has 4 rings (SSSR count). The predicted octanol–water partition coefficient (Wildman–Crippen LogP) is 4.04. The van der Waals surface area contributed by atoms with E-state index in [4.69, 9.17) is 13.6 Å². The zero-order valence-corrected chi connectivity index (χ0v) is 17.0. The third kappa shape index (κ3) is 3.73. The first kappa shape index (κ1) is 18.5. The highest BCUT2D eigenvalue weighted by Gasteiger charge is 2.52. The van der Waals surface area contributed by atoms with E-state index in [-0.39, 0.29) is 5.54 Å². The first-order valence-electron chi connectivity index (χ1n) is 9.05. The van der Waals surface area contributed by atoms with Crippen molar-refractivity contribution in [3.8, 4) is 0 Å². The van der Waals surface area contributed by atoms with Gasteiger partial charge in [0.1, 0.15) is 8.30 Å². The summed E-state index contributed by atoms with van der Waals surface area (Å²) in [5, 5.41) is 2.40. The van der Waals surface area contributed by atoms with Gasteiger partial charge in [0, 0.05) is 17.2 Å². The Morgan fingerprint density at radius 1 is 0.846 bits per heavy atom. The van der Waals surface area contributed by atoms with Crippen LogP contribution in [-0.2, 0) is 13.6 Å². The molecular formula is C20H25NO3P2. The second-order valence-electron chi connectivity index (χ2n) is 7.22. The Bertz CT molecular complexity index is 706. The van der Waals surface area contributed by atoms with Crippen LogP contribution in [0.25, 0.3) is 0 Å². The summed E-state index contributed by atoms with van der Waals surface area (Å²) in [6.45, 7) is 7.48. The normalized spacial score (nSPS) is 29.5. The Balaban J connectivity index is 1.53. The van der Waals surface area contributed by atoms with Crippen molar-refractivity contribution in [3.05, 3.63) is 60.7 Å². The van der Waals surface area contributed by atoms with Gasteiger partial charge in [0.05, 0.1) is 25.4 Å². The minimum Gasteiger partial charge on any atom is -0.338 e. The van der Waals surface area contributed by atoms with Crippen molar-refractivity contribution >= 4 is 27.3 Å². The van der Waals surface area contributed by atoms with E-state index in [2.05, 4.69) is 61.0 Å². The molecule has 4 nitrogen and oxygen atoms in total. The van der Waals surface area contributed by atoms with Crippen LogP contribution in [0.5, 0.6) is 0 Å². The van der Waals surface area contributed by atoms with Gasteiger partial charge >= 0.3 is 0 Å². The van der Waals surface area contributed by atoms with Crippen LogP contribution in [-0.4, -0.2) is 36.6 Å². The van der Waals surface area contributed by atoms with Crippen LogP contribution in [0.3, 0.4) is 0 Å². The van der Waals surface area contributed by atoms with E-state index < -0.39 is 16.7 Å². The number of hydrogen-bond donors (Lipinski definition) is 0. The highest BCUT2D eigenvalue weighted by molar-refractivity contribution is 7.58. The van der Waals surface area contributed by atoms with Gasteiger partial charge in [-0.2, -0.15) is 0 Å². The molecule has 2 aliphatic rings. The van der Waals surface area contributed by atoms with Crippen LogP contribution in [0.4, 0.5) is 0 Å². The molecule has 2 aliphatic heterocycles. The van der Waals surface area contributed by atoms with Crippen molar-refractivity contribution in [2.45, 2.75) is 19.4 Å². The summed E-state index contributed by atoms with van der Waals surface area (Å²) in [4.78, 5) is 0. The summed E-state index contributed by atoms with van der Waals surface area (Å²) in [6, 6.07) is 20.8. The lowest BCUT2D eigenvalue weighted by Gasteiger charge is -2.43. The van der Waals surface area contributed by atoms with Gasteiger partial charge < -0.3 is 13.6 Å². The average molecular weight is 389 g/mol. The standard InChI is InChI=1S/C20H25NO3P2/c1-17(2)13-21-20(14-22-25(21)18-9-5-3-6-10-18)15-23-26(24-16-20)19-11-7-4-8-12-19/h3-12,17H,13-16H2,1-2H3. The SMILES string of the molecule is CC(C)CN1P(c2ccccc2)OCC12COP(c1ccccc1)OC2. The van der Waals surface area contributed by atoms with Crippen molar-refractivity contribution in [1.29, 1.82) is 0 Å². The monoisotopic (exact) mass is 389 g/mol. The van der Waals surface area contributed by atoms with Crippen molar-refractivity contribution in [1.82, 2.24) is 4.67 Å². The van der Waals surface area contributed by atoms with Gasteiger partial charge in [0.15, 0.2) is 0 Å². The minimum absolute atomic E-state index is 0.181. The molecule has 2 heterocycles. The topological polar surface area (TPSA) is 30.9 Å². The fourth-order valence-corrected chi connectivity index (χ4v) is 7.16. The molecule has 0 bridgehead atoms. The maximum absolute atomic E-state index is 6.32. The first-order valence-corrected chi connectivity index (χ1v) is 11.4. The van der Waals surface area contributed by atoms with E-state index in [9.17, 15) is 0 Å². The van der Waals surface area contributed by atoms with Gasteiger partial charge in [0.2, 0.25) is 8.38 Å². The molecule has 0 amide bonds. The molecule has 2 aromatic carbocycles. The Labute approximate surface area is 158 Å². The van der Waals surface area contributed by atoms with Crippen LogP contribution in [0.15, 0.2) is 60.7 Å². The van der Waals surface area contributed by atoms with Crippen LogP contribution < -0.4 is 10.6 Å². The second-order valence-corrected chi connectivity index (χ2v) is 10.6. The third-order valence-electron chi connectivity index (χ3n) is 4.61. The van der Waals surface area contributed by atoms with Crippen molar-refractivity contribution in [2.75, 3.05) is 26.4 Å². The molecule has 2 saturated heterocycles. The Morgan fingerprint density at radius 3 is 1.96 bits per heavy atom. The van der Waals surface area contributed by atoms with Gasteiger partial charge in [-0.3, -0.25) is 0 Å². The molecular weight excluding hydrogens is 364 g/mol. The van der Waals surface area contributed by atoms with Gasteiger partial charge in [-0.25, -0.2) is 4.67 Å². The average Bonchev–Trinajstić information content (AvgIpc) is 3.01. The molecule has 2 aromatic rings. The van der Waals surface area contributed by atoms with Crippen LogP contribution in [0.2, 0.25) is 0 Å². The van der Waals surface area contributed by atoms with E-state index in [1.807, 2.05) is 18.2 Å². The van der Waals surface area contributed by atoms with Gasteiger partial charge in [-0.1, -0.05) is 62.4 Å². The number of rotatable bonds is 4. The summed E-state index contributed by atoms with van der Waals surface area (Å²) in [5.41, 5.74) is -0.181. The molecule has 138 valence electrons. The third-order valence-corrected chi connectivity index (χ3v) is 8.19. The molecule has 1 atom stereocenters. The zero-order chi connectivity index (χ0) is 18.0. The van der Waals surface area contributed by atoms with Gasteiger partial charge in [0.25, 0.3) is 0 Å². The van der Waals surface area contributed by atoms with E-state index in [0.29, 0.717) is 25.7 Å². The molecule has 1 unspecified atom stereocenters. The second kappa shape index (κ2) is 8.02.